The Labute approximate surface area is 106 Å². The third-order valence-electron chi connectivity index (χ3n) is 3.61. The molecular weight excluding hydrogens is 228 g/mol. The third-order valence-corrected chi connectivity index (χ3v) is 3.61. The number of aromatic nitrogens is 3. The summed E-state index contributed by atoms with van der Waals surface area (Å²) in [6.45, 7) is 5.50. The van der Waals surface area contributed by atoms with Crippen LogP contribution >= 0.6 is 0 Å². The molecule has 0 radical (unpaired) electrons. The summed E-state index contributed by atoms with van der Waals surface area (Å²) in [7, 11) is 0. The van der Waals surface area contributed by atoms with Gasteiger partial charge in [-0.25, -0.2) is 9.50 Å². The average Bonchev–Trinajstić information content (AvgIpc) is 2.95. The molecule has 0 spiro atoms. The Bertz CT molecular complexity index is 563. The van der Waals surface area contributed by atoms with Crippen LogP contribution in [0.15, 0.2) is 18.3 Å². The second-order valence-corrected chi connectivity index (χ2v) is 5.12. The van der Waals surface area contributed by atoms with Gasteiger partial charge in [0.2, 0.25) is 0 Å². The first-order chi connectivity index (χ1) is 8.66. The van der Waals surface area contributed by atoms with Gasteiger partial charge >= 0.3 is 0 Å². The molecule has 2 aromatic rings. The van der Waals surface area contributed by atoms with E-state index in [0.29, 0.717) is 11.7 Å². The molecule has 1 fully saturated rings. The number of fused-ring (bicyclic) bond motifs is 1. The minimum absolute atomic E-state index is 0.186. The molecule has 1 aliphatic rings. The van der Waals surface area contributed by atoms with E-state index >= 15 is 0 Å². The highest BCUT2D eigenvalue weighted by Gasteiger charge is 2.31. The van der Waals surface area contributed by atoms with E-state index in [1.807, 2.05) is 6.20 Å². The molecular formula is C13H18N4O. The monoisotopic (exact) mass is 246 g/mol. The van der Waals surface area contributed by atoms with E-state index in [1.54, 1.807) is 16.6 Å². The Balaban J connectivity index is 2.01. The van der Waals surface area contributed by atoms with Gasteiger partial charge in [-0.15, -0.1) is 5.10 Å². The maximum Gasteiger partial charge on any atom is 0.197 e. The summed E-state index contributed by atoms with van der Waals surface area (Å²) in [5, 5.41) is 14.3. The number of aromatic hydroxyl groups is 1. The normalized spacial score (nSPS) is 21.2. The van der Waals surface area contributed by atoms with E-state index in [-0.39, 0.29) is 11.8 Å². The summed E-state index contributed by atoms with van der Waals surface area (Å²) in [6, 6.07) is 4.19. The summed E-state index contributed by atoms with van der Waals surface area (Å²) in [5.41, 5.74) is 0.545. The van der Waals surface area contributed by atoms with Crippen LogP contribution in [0.1, 0.15) is 38.6 Å². The zero-order chi connectivity index (χ0) is 12.7. The first kappa shape index (κ1) is 11.5. The van der Waals surface area contributed by atoms with Crippen LogP contribution in [0, 0.1) is 0 Å². The first-order valence-corrected chi connectivity index (χ1v) is 6.47. The fourth-order valence-electron chi connectivity index (χ4n) is 2.73. The lowest BCUT2D eigenvalue weighted by Gasteiger charge is -2.25. The zero-order valence-corrected chi connectivity index (χ0v) is 10.7. The van der Waals surface area contributed by atoms with Crippen molar-refractivity contribution in [3.63, 3.8) is 0 Å². The maximum absolute atomic E-state index is 9.77. The Morgan fingerprint density at radius 2 is 2.28 bits per heavy atom. The highest BCUT2D eigenvalue weighted by Crippen LogP contribution is 2.32. The Morgan fingerprint density at radius 3 is 3.00 bits per heavy atom. The van der Waals surface area contributed by atoms with Crippen LogP contribution in [0.25, 0.3) is 5.65 Å². The van der Waals surface area contributed by atoms with Crippen molar-refractivity contribution in [2.45, 2.75) is 38.8 Å². The predicted octanol–water partition coefficient (Wildman–Crippen LogP) is 1.98. The number of rotatable bonds is 2. The molecule has 1 aliphatic heterocycles. The van der Waals surface area contributed by atoms with E-state index < -0.39 is 0 Å². The molecule has 0 amide bonds. The van der Waals surface area contributed by atoms with E-state index in [4.69, 9.17) is 0 Å². The first-order valence-electron chi connectivity index (χ1n) is 6.47. The van der Waals surface area contributed by atoms with Crippen molar-refractivity contribution in [2.24, 2.45) is 0 Å². The lowest BCUT2D eigenvalue weighted by atomic mass is 10.2. The summed E-state index contributed by atoms with van der Waals surface area (Å²) >= 11 is 0. The van der Waals surface area contributed by atoms with Crippen molar-refractivity contribution in [1.29, 1.82) is 0 Å². The number of hydrogen-bond donors (Lipinski definition) is 1. The summed E-state index contributed by atoms with van der Waals surface area (Å²) in [5.74, 6) is 1.01. The summed E-state index contributed by atoms with van der Waals surface area (Å²) in [4.78, 5) is 6.91. The molecule has 0 saturated carbocycles. The second kappa shape index (κ2) is 4.24. The number of pyridine rings is 1. The fraction of sp³-hybridized carbons (Fsp3) is 0.538. The predicted molar refractivity (Wildman–Crippen MR) is 68.5 cm³/mol. The molecule has 3 heterocycles. The molecule has 1 saturated heterocycles. The van der Waals surface area contributed by atoms with Crippen molar-refractivity contribution in [1.82, 2.24) is 19.5 Å². The second-order valence-electron chi connectivity index (χ2n) is 5.12. The van der Waals surface area contributed by atoms with Crippen molar-refractivity contribution in [3.05, 3.63) is 24.2 Å². The van der Waals surface area contributed by atoms with Gasteiger partial charge in [0.05, 0.1) is 6.04 Å². The van der Waals surface area contributed by atoms with Gasteiger partial charge < -0.3 is 5.11 Å². The van der Waals surface area contributed by atoms with Crippen LogP contribution in [0.3, 0.4) is 0 Å². The Morgan fingerprint density at radius 1 is 1.44 bits per heavy atom. The molecule has 5 heteroatoms. The molecule has 1 unspecified atom stereocenters. The molecule has 0 aromatic carbocycles. The van der Waals surface area contributed by atoms with Gasteiger partial charge in [-0.1, -0.05) is 0 Å². The van der Waals surface area contributed by atoms with Gasteiger partial charge in [0, 0.05) is 12.2 Å². The van der Waals surface area contributed by atoms with Gasteiger partial charge in [-0.05, 0) is 45.4 Å². The molecule has 3 rings (SSSR count). The molecule has 18 heavy (non-hydrogen) atoms. The van der Waals surface area contributed by atoms with Crippen LogP contribution in [0.4, 0.5) is 0 Å². The number of hydrogen-bond acceptors (Lipinski definition) is 4. The molecule has 5 nitrogen and oxygen atoms in total. The van der Waals surface area contributed by atoms with Gasteiger partial charge in [0.1, 0.15) is 0 Å². The fourth-order valence-corrected chi connectivity index (χ4v) is 2.73. The van der Waals surface area contributed by atoms with Crippen molar-refractivity contribution >= 4 is 5.65 Å². The van der Waals surface area contributed by atoms with Crippen LogP contribution in [0.5, 0.6) is 5.75 Å². The smallest absolute Gasteiger partial charge is 0.197 e. The minimum atomic E-state index is 0.186. The SMILES string of the molecule is CC(C)N1CCCC1c1nc2c(O)cccn2n1. The molecule has 96 valence electrons. The van der Waals surface area contributed by atoms with Crippen molar-refractivity contribution < 1.29 is 5.11 Å². The van der Waals surface area contributed by atoms with Gasteiger partial charge in [-0.2, -0.15) is 0 Å². The molecule has 0 aliphatic carbocycles. The van der Waals surface area contributed by atoms with Crippen LogP contribution in [-0.4, -0.2) is 37.2 Å². The van der Waals surface area contributed by atoms with E-state index in [1.165, 1.54) is 6.42 Å². The maximum atomic E-state index is 9.77. The van der Waals surface area contributed by atoms with Crippen molar-refractivity contribution in [2.75, 3.05) is 6.54 Å². The topological polar surface area (TPSA) is 53.7 Å². The Kier molecular flexibility index (Phi) is 2.70. The van der Waals surface area contributed by atoms with Crippen LogP contribution in [-0.2, 0) is 0 Å². The lowest BCUT2D eigenvalue weighted by Crippen LogP contribution is -2.30. The van der Waals surface area contributed by atoms with Gasteiger partial charge in [0.15, 0.2) is 17.2 Å². The largest absolute Gasteiger partial charge is 0.504 e. The quantitative estimate of drug-likeness (QED) is 0.880. The van der Waals surface area contributed by atoms with Crippen LogP contribution in [0.2, 0.25) is 0 Å². The van der Waals surface area contributed by atoms with E-state index in [9.17, 15) is 5.11 Å². The van der Waals surface area contributed by atoms with Crippen molar-refractivity contribution in [3.8, 4) is 5.75 Å². The van der Waals surface area contributed by atoms with E-state index in [0.717, 1.165) is 18.8 Å². The number of nitrogens with zero attached hydrogens (tertiary/aromatic N) is 4. The number of likely N-dealkylation sites (tertiary alicyclic amines) is 1. The van der Waals surface area contributed by atoms with Crippen LogP contribution < -0.4 is 0 Å². The Hall–Kier alpha value is -1.62. The van der Waals surface area contributed by atoms with E-state index in [2.05, 4.69) is 28.8 Å². The standard InChI is InChI=1S/C13H18N4O/c1-9(2)16-7-3-5-10(16)12-14-13-11(18)6-4-8-17(13)15-12/h4,6,8-10,18H,3,5,7H2,1-2H3. The zero-order valence-electron chi connectivity index (χ0n) is 10.7. The lowest BCUT2D eigenvalue weighted by molar-refractivity contribution is 0.199. The molecule has 2 aromatic heterocycles. The average molecular weight is 246 g/mol. The van der Waals surface area contributed by atoms with Gasteiger partial charge in [0.25, 0.3) is 0 Å². The molecule has 0 bridgehead atoms. The molecule has 1 atom stereocenters. The molecule has 1 N–H and O–H groups in total. The third kappa shape index (κ3) is 1.75. The van der Waals surface area contributed by atoms with Gasteiger partial charge in [-0.3, -0.25) is 4.90 Å². The minimum Gasteiger partial charge on any atom is -0.504 e. The summed E-state index contributed by atoms with van der Waals surface area (Å²) in [6.07, 6.45) is 4.10. The highest BCUT2D eigenvalue weighted by atomic mass is 16.3. The summed E-state index contributed by atoms with van der Waals surface area (Å²) < 4.78 is 1.65. The highest BCUT2D eigenvalue weighted by molar-refractivity contribution is 5.51.